The zero-order valence-electron chi connectivity index (χ0n) is 19.2. The minimum atomic E-state index is -0.617. The molecule has 180 valence electrons. The van der Waals surface area contributed by atoms with E-state index >= 15 is 0 Å². The molecule has 35 heavy (non-hydrogen) atoms. The van der Waals surface area contributed by atoms with E-state index in [0.29, 0.717) is 9.82 Å². The topological polar surface area (TPSA) is 87.7 Å². The average molecular weight is 511 g/mol. The smallest absolute Gasteiger partial charge is 0.358 e. The molecule has 0 amide bonds. The summed E-state index contributed by atoms with van der Waals surface area (Å²) in [7, 11) is 0. The molecule has 4 aromatic rings. The Morgan fingerprint density at radius 1 is 1.03 bits per heavy atom. The van der Waals surface area contributed by atoms with Gasteiger partial charge in [0, 0.05) is 16.1 Å². The third-order valence-corrected chi connectivity index (χ3v) is 6.03. The van der Waals surface area contributed by atoms with Crippen LogP contribution in [0.5, 0.6) is 0 Å². The minimum Gasteiger partial charge on any atom is -0.465 e. The van der Waals surface area contributed by atoms with Crippen molar-refractivity contribution in [1.82, 2.24) is 14.1 Å². The fourth-order valence-corrected chi connectivity index (χ4v) is 4.49. The number of ether oxygens (including phenoxy) is 2. The third-order valence-electron chi connectivity index (χ3n) is 4.96. The van der Waals surface area contributed by atoms with Crippen molar-refractivity contribution >= 4 is 40.7 Å². The molecule has 0 aliphatic rings. The van der Waals surface area contributed by atoms with Crippen LogP contribution in [-0.2, 0) is 20.8 Å². The summed E-state index contributed by atoms with van der Waals surface area (Å²) in [6.45, 7) is 3.66. The molecule has 4 rings (SSSR count). The van der Waals surface area contributed by atoms with E-state index < -0.39 is 11.9 Å². The van der Waals surface area contributed by atoms with Gasteiger partial charge in [-0.15, -0.1) is 11.3 Å². The van der Waals surface area contributed by atoms with Gasteiger partial charge in [0.1, 0.15) is 6.54 Å². The van der Waals surface area contributed by atoms with Crippen molar-refractivity contribution < 1.29 is 19.1 Å². The van der Waals surface area contributed by atoms with Crippen LogP contribution in [0.3, 0.4) is 0 Å². The highest BCUT2D eigenvalue weighted by molar-refractivity contribution is 7.07. The molecule has 10 heteroatoms. The number of rotatable bonds is 8. The van der Waals surface area contributed by atoms with E-state index in [0.717, 1.165) is 16.9 Å². The summed E-state index contributed by atoms with van der Waals surface area (Å²) in [5.41, 5.74) is 2.83. The Morgan fingerprint density at radius 3 is 2.43 bits per heavy atom. The SMILES string of the molecule is CCOC(=O)Cn1cnc(N=c2scc(-c3ccc(Cl)cc3)n2-c2ccccc2)c1C(=O)OCC. The molecule has 2 heterocycles. The summed E-state index contributed by atoms with van der Waals surface area (Å²) >= 11 is 7.49. The number of aromatic nitrogens is 3. The first-order chi connectivity index (χ1) is 17.0. The molecule has 0 saturated heterocycles. The first-order valence-corrected chi connectivity index (χ1v) is 12.2. The molecule has 8 nitrogen and oxygen atoms in total. The first kappa shape index (κ1) is 24.4. The Kier molecular flexibility index (Phi) is 7.79. The van der Waals surface area contributed by atoms with E-state index in [-0.39, 0.29) is 31.3 Å². The molecule has 0 spiro atoms. The molecule has 0 atom stereocenters. The van der Waals surface area contributed by atoms with Crippen molar-refractivity contribution in [2.75, 3.05) is 13.2 Å². The Hall–Kier alpha value is -3.69. The lowest BCUT2D eigenvalue weighted by molar-refractivity contribution is -0.143. The van der Waals surface area contributed by atoms with Gasteiger partial charge in [-0.25, -0.2) is 9.78 Å². The average Bonchev–Trinajstić information content (AvgIpc) is 3.45. The molecule has 0 radical (unpaired) electrons. The number of imidazole rings is 1. The molecule has 2 aromatic heterocycles. The summed E-state index contributed by atoms with van der Waals surface area (Å²) in [6, 6.07) is 17.3. The first-order valence-electron chi connectivity index (χ1n) is 11.0. The highest BCUT2D eigenvalue weighted by atomic mass is 35.5. The van der Waals surface area contributed by atoms with Crippen molar-refractivity contribution in [3.05, 3.63) is 81.8 Å². The van der Waals surface area contributed by atoms with Gasteiger partial charge in [0.2, 0.25) is 0 Å². The van der Waals surface area contributed by atoms with Gasteiger partial charge < -0.3 is 14.0 Å². The Labute approximate surface area is 211 Å². The van der Waals surface area contributed by atoms with Crippen LogP contribution in [0.15, 0.2) is 71.3 Å². The molecule has 0 N–H and O–H groups in total. The fraction of sp³-hybridized carbons (Fsp3) is 0.200. The number of halogens is 1. The van der Waals surface area contributed by atoms with Crippen LogP contribution in [0.1, 0.15) is 24.3 Å². The predicted octanol–water partition coefficient (Wildman–Crippen LogP) is 5.03. The molecule has 0 unspecified atom stereocenters. The number of hydrogen-bond acceptors (Lipinski definition) is 7. The fourth-order valence-electron chi connectivity index (χ4n) is 3.46. The van der Waals surface area contributed by atoms with Crippen LogP contribution in [0.2, 0.25) is 5.02 Å². The maximum atomic E-state index is 12.8. The van der Waals surface area contributed by atoms with E-state index in [2.05, 4.69) is 4.98 Å². The number of thiazole rings is 1. The minimum absolute atomic E-state index is 0.0842. The zero-order valence-corrected chi connectivity index (χ0v) is 20.8. The van der Waals surface area contributed by atoms with Gasteiger partial charge in [0.15, 0.2) is 16.3 Å². The summed E-state index contributed by atoms with van der Waals surface area (Å²) in [5.74, 6) is -0.946. The molecule has 0 aliphatic carbocycles. The molecule has 2 aromatic carbocycles. The number of nitrogens with zero attached hydrogens (tertiary/aromatic N) is 4. The molecule has 0 bridgehead atoms. The van der Waals surface area contributed by atoms with Gasteiger partial charge in [-0.2, -0.15) is 4.99 Å². The highest BCUT2D eigenvalue weighted by Crippen LogP contribution is 2.26. The quantitative estimate of drug-likeness (QED) is 0.310. The summed E-state index contributed by atoms with van der Waals surface area (Å²) in [5, 5.41) is 2.63. The number of benzene rings is 2. The largest absolute Gasteiger partial charge is 0.465 e. The number of para-hydroxylation sites is 1. The predicted molar refractivity (Wildman–Crippen MR) is 134 cm³/mol. The van der Waals surface area contributed by atoms with E-state index in [4.69, 9.17) is 26.1 Å². The van der Waals surface area contributed by atoms with E-state index in [9.17, 15) is 9.59 Å². The van der Waals surface area contributed by atoms with Crippen molar-refractivity contribution in [2.45, 2.75) is 20.4 Å². The van der Waals surface area contributed by atoms with Crippen LogP contribution in [0, 0.1) is 0 Å². The van der Waals surface area contributed by atoms with Crippen molar-refractivity contribution in [1.29, 1.82) is 0 Å². The highest BCUT2D eigenvalue weighted by Gasteiger charge is 2.22. The second-order valence-electron chi connectivity index (χ2n) is 7.26. The third kappa shape index (κ3) is 5.52. The molecular weight excluding hydrogens is 488 g/mol. The molecule has 0 fully saturated rings. The summed E-state index contributed by atoms with van der Waals surface area (Å²) < 4.78 is 13.6. The van der Waals surface area contributed by atoms with Gasteiger partial charge >= 0.3 is 11.9 Å². The van der Waals surface area contributed by atoms with Crippen LogP contribution in [0.4, 0.5) is 5.82 Å². The van der Waals surface area contributed by atoms with Gasteiger partial charge in [-0.05, 0) is 43.7 Å². The number of esters is 2. The van der Waals surface area contributed by atoms with Crippen LogP contribution in [-0.4, -0.2) is 39.3 Å². The van der Waals surface area contributed by atoms with Gasteiger partial charge in [0.25, 0.3) is 0 Å². The van der Waals surface area contributed by atoms with E-state index in [1.807, 2.05) is 64.5 Å². The molecule has 0 saturated carbocycles. The number of hydrogen-bond donors (Lipinski definition) is 0. The molecular formula is C25H23ClN4O4S. The van der Waals surface area contributed by atoms with Gasteiger partial charge in [0.05, 0.1) is 25.2 Å². The molecule has 0 aliphatic heterocycles. The van der Waals surface area contributed by atoms with Crippen LogP contribution >= 0.6 is 22.9 Å². The van der Waals surface area contributed by atoms with Crippen molar-refractivity contribution in [3.8, 4) is 16.9 Å². The Morgan fingerprint density at radius 2 is 1.74 bits per heavy atom. The Bertz CT molecular complexity index is 1390. The lowest BCUT2D eigenvalue weighted by Crippen LogP contribution is -2.19. The van der Waals surface area contributed by atoms with Crippen molar-refractivity contribution in [3.63, 3.8) is 0 Å². The standard InChI is InChI=1S/C25H23ClN4O4S/c1-3-33-21(31)14-29-16-27-23(22(29)24(32)34-4-2)28-25-30(19-8-6-5-7-9-19)20(15-35-25)17-10-12-18(26)13-11-17/h5-13,15-16H,3-4,14H2,1-2H3. The van der Waals surface area contributed by atoms with Gasteiger partial charge in [-0.3, -0.25) is 9.36 Å². The monoisotopic (exact) mass is 510 g/mol. The van der Waals surface area contributed by atoms with E-state index in [1.165, 1.54) is 22.2 Å². The second kappa shape index (κ2) is 11.2. The zero-order chi connectivity index (χ0) is 24.8. The maximum Gasteiger partial charge on any atom is 0.358 e. The maximum absolute atomic E-state index is 12.8. The lowest BCUT2D eigenvalue weighted by atomic mass is 10.1. The lowest BCUT2D eigenvalue weighted by Gasteiger charge is -2.10. The van der Waals surface area contributed by atoms with Gasteiger partial charge in [-0.1, -0.05) is 41.9 Å². The van der Waals surface area contributed by atoms with E-state index in [1.54, 1.807) is 13.8 Å². The second-order valence-corrected chi connectivity index (χ2v) is 8.54. The summed E-state index contributed by atoms with van der Waals surface area (Å²) in [6.07, 6.45) is 1.39. The van der Waals surface area contributed by atoms with Crippen molar-refractivity contribution in [2.24, 2.45) is 4.99 Å². The number of carbonyl (C=O) groups excluding carboxylic acids is 2. The van der Waals surface area contributed by atoms with Crippen LogP contribution < -0.4 is 4.80 Å². The summed E-state index contributed by atoms with van der Waals surface area (Å²) in [4.78, 5) is 34.5. The van der Waals surface area contributed by atoms with Crippen LogP contribution in [0.25, 0.3) is 16.9 Å². The number of carbonyl (C=O) groups is 2. The Balaban J connectivity index is 1.88. The normalized spacial score (nSPS) is 11.5.